The Kier molecular flexibility index (Phi) is 7.16. The van der Waals surface area contributed by atoms with Gasteiger partial charge in [-0.3, -0.25) is 5.32 Å². The van der Waals surface area contributed by atoms with Crippen molar-refractivity contribution in [2.24, 2.45) is 17.2 Å². The van der Waals surface area contributed by atoms with Crippen molar-refractivity contribution in [3.63, 3.8) is 0 Å². The number of primary amides is 3. The second-order valence-electron chi connectivity index (χ2n) is 1.65. The second kappa shape index (κ2) is 7.15. The normalized spacial score (nSPS) is 7.43. The molecule has 0 aliphatic rings. The van der Waals surface area contributed by atoms with Gasteiger partial charge in [-0.25, -0.2) is 24.5 Å². The summed E-state index contributed by atoms with van der Waals surface area (Å²) in [5.41, 5.74) is 13.2. The number of rotatable bonds is 0. The van der Waals surface area contributed by atoms with Crippen molar-refractivity contribution >= 4 is 24.2 Å². The van der Waals surface area contributed by atoms with Crippen LogP contribution in [0.15, 0.2) is 0 Å². The molecule has 10 nitrogen and oxygen atoms in total. The molecule has 0 saturated heterocycles. The monoisotopic (exact) mass is 207 g/mol. The molecule has 0 rings (SSSR count). The van der Waals surface area contributed by atoms with Crippen LogP contribution in [0.1, 0.15) is 0 Å². The van der Waals surface area contributed by atoms with Crippen LogP contribution >= 0.6 is 0 Å². The van der Waals surface area contributed by atoms with Gasteiger partial charge in [0.05, 0.1) is 0 Å². The number of carbonyl (C=O) groups is 4. The Morgan fingerprint density at radius 3 is 1.07 bits per heavy atom. The summed E-state index contributed by atoms with van der Waals surface area (Å²) in [6.45, 7) is 0. The highest BCUT2D eigenvalue weighted by atomic mass is 16.4. The van der Waals surface area contributed by atoms with E-state index in [4.69, 9.17) is 5.11 Å². The molecule has 80 valence electrons. The van der Waals surface area contributed by atoms with Crippen molar-refractivity contribution < 1.29 is 24.3 Å². The average Bonchev–Trinajstić information content (AvgIpc) is 1.79. The number of nitrogens with two attached hydrogens (primary N) is 3. The molecule has 0 aromatic carbocycles. The maximum absolute atomic E-state index is 9.62. The van der Waals surface area contributed by atoms with Crippen LogP contribution in [0.5, 0.6) is 0 Å². The van der Waals surface area contributed by atoms with E-state index >= 15 is 0 Å². The average molecular weight is 207 g/mol. The van der Waals surface area contributed by atoms with Gasteiger partial charge in [0, 0.05) is 0 Å². The summed E-state index contributed by atoms with van der Waals surface area (Å²) in [7, 11) is 0. The lowest BCUT2D eigenvalue weighted by Gasteiger charge is -1.88. The second-order valence-corrected chi connectivity index (χ2v) is 1.65. The molecule has 0 aromatic heterocycles. The zero-order chi connectivity index (χ0) is 11.7. The number of imide groups is 2. The maximum Gasteiger partial charge on any atom is 0.412 e. The quantitative estimate of drug-likeness (QED) is 0.269. The lowest BCUT2D eigenvalue weighted by atomic mass is 10.9. The summed E-state index contributed by atoms with van der Waals surface area (Å²) < 4.78 is 0. The Balaban J connectivity index is 0. The van der Waals surface area contributed by atoms with Crippen molar-refractivity contribution in [2.75, 3.05) is 0 Å². The van der Waals surface area contributed by atoms with Gasteiger partial charge in [0.1, 0.15) is 0 Å². The van der Waals surface area contributed by atoms with Crippen LogP contribution in [0, 0.1) is 0 Å². The minimum Gasteiger partial charge on any atom is -0.465 e. The Bertz CT molecular complexity index is 201. The number of hydrogen-bond acceptors (Lipinski definition) is 4. The molecule has 9 N–H and O–H groups in total. The van der Waals surface area contributed by atoms with Gasteiger partial charge >= 0.3 is 24.2 Å². The zero-order valence-electron chi connectivity index (χ0n) is 6.81. The molecule has 10 heteroatoms. The summed E-state index contributed by atoms with van der Waals surface area (Å²) in [4.78, 5) is 38.2. The first-order valence-electron chi connectivity index (χ1n) is 2.91. The summed E-state index contributed by atoms with van der Waals surface area (Å²) in [6, 6.07) is -2.94. The summed E-state index contributed by atoms with van der Waals surface area (Å²) in [5.74, 6) is 0. The van der Waals surface area contributed by atoms with Crippen LogP contribution < -0.4 is 27.8 Å². The highest BCUT2D eigenvalue weighted by molar-refractivity contribution is 5.91. The molecule has 0 radical (unpaired) electrons. The minimum absolute atomic E-state index is 0.937. The molecule has 0 spiro atoms. The standard InChI is InChI=1S/C2H5N3O2.C2H4N2O3/c3-1(6)5-2(4)7;3-1(5)4-2(6)7/h(H5,3,4,5,6,7);(H,6,7)(H3,3,4,5). The molecule has 7 amide bonds. The van der Waals surface area contributed by atoms with Crippen LogP contribution in [-0.4, -0.2) is 29.3 Å². The first-order valence-corrected chi connectivity index (χ1v) is 2.91. The Morgan fingerprint density at radius 2 is 1.07 bits per heavy atom. The smallest absolute Gasteiger partial charge is 0.412 e. The van der Waals surface area contributed by atoms with Gasteiger partial charge in [-0.05, 0) is 0 Å². The molecule has 0 aromatic rings. The van der Waals surface area contributed by atoms with Crippen molar-refractivity contribution in [2.45, 2.75) is 0 Å². The fraction of sp³-hybridized carbons (Fsp3) is 0. The molecule has 0 unspecified atom stereocenters. The third-order valence-corrected chi connectivity index (χ3v) is 0.477. The highest BCUT2D eigenvalue weighted by Crippen LogP contribution is 1.55. The van der Waals surface area contributed by atoms with Crippen LogP contribution in [0.25, 0.3) is 0 Å². The molecular weight excluding hydrogens is 198 g/mol. The largest absolute Gasteiger partial charge is 0.465 e. The SMILES string of the molecule is NC(=O)NC(=O)O.NC(=O)NC(N)=O. The number of amides is 7. The summed E-state index contributed by atoms with van der Waals surface area (Å²) in [5, 5.41) is 10.6. The van der Waals surface area contributed by atoms with Crippen LogP contribution in [0.3, 0.4) is 0 Å². The highest BCUT2D eigenvalue weighted by Gasteiger charge is 1.94. The topological polar surface area (TPSA) is 191 Å². The molecule has 0 bridgehead atoms. The third-order valence-electron chi connectivity index (χ3n) is 0.477. The molecule has 0 saturated carbocycles. The molecule has 0 heterocycles. The first kappa shape index (κ1) is 14.0. The number of carbonyl (C=O) groups excluding carboxylic acids is 3. The van der Waals surface area contributed by atoms with Gasteiger partial charge in [0.25, 0.3) is 0 Å². The van der Waals surface area contributed by atoms with Gasteiger partial charge in [-0.1, -0.05) is 0 Å². The molecule has 0 aliphatic heterocycles. The fourth-order valence-electron chi connectivity index (χ4n) is 0.227. The van der Waals surface area contributed by atoms with E-state index < -0.39 is 24.2 Å². The van der Waals surface area contributed by atoms with E-state index in [9.17, 15) is 19.2 Å². The number of urea groups is 3. The Labute approximate surface area is 77.4 Å². The molecule has 0 atom stereocenters. The van der Waals surface area contributed by atoms with E-state index in [0.717, 1.165) is 0 Å². The van der Waals surface area contributed by atoms with Crippen molar-refractivity contribution in [3.8, 4) is 0 Å². The van der Waals surface area contributed by atoms with Gasteiger partial charge in [-0.15, -0.1) is 0 Å². The van der Waals surface area contributed by atoms with Crippen molar-refractivity contribution in [1.29, 1.82) is 0 Å². The number of carboxylic acid groups (broad SMARTS) is 1. The molecule has 0 fully saturated rings. The lowest BCUT2D eigenvalue weighted by molar-refractivity contribution is 0.193. The Hall–Kier alpha value is -2.52. The van der Waals surface area contributed by atoms with E-state index in [1.807, 2.05) is 0 Å². The van der Waals surface area contributed by atoms with Crippen molar-refractivity contribution in [1.82, 2.24) is 10.6 Å². The molecular formula is C4H9N5O5. The number of hydrogen-bond donors (Lipinski definition) is 6. The summed E-state index contributed by atoms with van der Waals surface area (Å²) in [6.07, 6.45) is -1.44. The van der Waals surface area contributed by atoms with E-state index in [-0.39, 0.29) is 0 Å². The predicted octanol–water partition coefficient (Wildman–Crippen LogP) is -1.93. The predicted molar refractivity (Wildman–Crippen MR) is 43.0 cm³/mol. The first-order chi connectivity index (χ1) is 6.25. The van der Waals surface area contributed by atoms with Gasteiger partial charge < -0.3 is 22.3 Å². The lowest BCUT2D eigenvalue weighted by Crippen LogP contribution is -2.38. The third kappa shape index (κ3) is 22.7. The van der Waals surface area contributed by atoms with Gasteiger partial charge in [0.2, 0.25) is 0 Å². The minimum atomic E-state index is -1.44. The van der Waals surface area contributed by atoms with Crippen molar-refractivity contribution in [3.05, 3.63) is 0 Å². The van der Waals surface area contributed by atoms with Crippen LogP contribution in [-0.2, 0) is 0 Å². The Morgan fingerprint density at radius 1 is 0.786 bits per heavy atom. The number of nitrogens with one attached hydrogen (secondary N) is 2. The molecule has 0 aliphatic carbocycles. The van der Waals surface area contributed by atoms with Crippen LogP contribution in [0.4, 0.5) is 19.2 Å². The maximum atomic E-state index is 9.62. The van der Waals surface area contributed by atoms with Gasteiger partial charge in [0.15, 0.2) is 0 Å². The fourth-order valence-corrected chi connectivity index (χ4v) is 0.227. The zero-order valence-corrected chi connectivity index (χ0v) is 6.81. The van der Waals surface area contributed by atoms with Crippen LogP contribution in [0.2, 0.25) is 0 Å². The van der Waals surface area contributed by atoms with E-state index in [1.54, 1.807) is 5.32 Å². The molecule has 14 heavy (non-hydrogen) atoms. The van der Waals surface area contributed by atoms with E-state index in [0.29, 0.717) is 0 Å². The summed E-state index contributed by atoms with van der Waals surface area (Å²) >= 11 is 0. The van der Waals surface area contributed by atoms with E-state index in [2.05, 4.69) is 17.2 Å². The van der Waals surface area contributed by atoms with E-state index in [1.165, 1.54) is 5.32 Å². The van der Waals surface area contributed by atoms with Gasteiger partial charge in [-0.2, -0.15) is 0 Å².